The fourth-order valence-corrected chi connectivity index (χ4v) is 2.86. The van der Waals surface area contributed by atoms with Gasteiger partial charge in [0.25, 0.3) is 0 Å². The van der Waals surface area contributed by atoms with Gasteiger partial charge in [-0.3, -0.25) is 0 Å². The highest BCUT2D eigenvalue weighted by atomic mass is 14.9. The third kappa shape index (κ3) is 2.89. The second kappa shape index (κ2) is 5.79. The predicted molar refractivity (Wildman–Crippen MR) is 74.6 cm³/mol. The van der Waals surface area contributed by atoms with E-state index in [1.165, 1.54) is 31.2 Å². The van der Waals surface area contributed by atoms with Crippen molar-refractivity contribution in [2.75, 3.05) is 6.54 Å². The third-order valence-electron chi connectivity index (χ3n) is 4.11. The van der Waals surface area contributed by atoms with Gasteiger partial charge in [0.15, 0.2) is 0 Å². The van der Waals surface area contributed by atoms with E-state index < -0.39 is 0 Å². The molecule has 2 N–H and O–H groups in total. The van der Waals surface area contributed by atoms with Crippen LogP contribution in [0.1, 0.15) is 61.3 Å². The molecule has 0 radical (unpaired) electrons. The lowest BCUT2D eigenvalue weighted by Gasteiger charge is -2.16. The molecule has 0 spiro atoms. The molecule has 0 aromatic carbocycles. The van der Waals surface area contributed by atoms with Gasteiger partial charge in [-0.05, 0) is 51.1 Å². The number of rotatable bonds is 4. The molecule has 3 nitrogen and oxygen atoms in total. The van der Waals surface area contributed by atoms with Crippen LogP contribution in [-0.4, -0.2) is 16.5 Å². The van der Waals surface area contributed by atoms with Crippen LogP contribution >= 0.6 is 0 Å². The molecule has 2 rings (SSSR count). The van der Waals surface area contributed by atoms with Gasteiger partial charge in [-0.1, -0.05) is 19.8 Å². The highest BCUT2D eigenvalue weighted by molar-refractivity contribution is 5.26. The smallest absolute Gasteiger partial charge is 0.131 e. The fourth-order valence-electron chi connectivity index (χ4n) is 2.86. The summed E-state index contributed by atoms with van der Waals surface area (Å²) in [6, 6.07) is 0. The van der Waals surface area contributed by atoms with E-state index in [2.05, 4.69) is 20.8 Å². The van der Waals surface area contributed by atoms with E-state index in [1.54, 1.807) is 0 Å². The Morgan fingerprint density at radius 2 is 1.72 bits per heavy atom. The number of aryl methyl sites for hydroxylation is 2. The minimum absolute atomic E-state index is 0.503. The number of hydrogen-bond acceptors (Lipinski definition) is 3. The van der Waals surface area contributed by atoms with Crippen LogP contribution in [0.15, 0.2) is 0 Å². The zero-order valence-electron chi connectivity index (χ0n) is 11.9. The molecule has 1 aliphatic carbocycles. The van der Waals surface area contributed by atoms with E-state index >= 15 is 0 Å². The summed E-state index contributed by atoms with van der Waals surface area (Å²) in [6.07, 6.45) is 6.18. The van der Waals surface area contributed by atoms with Gasteiger partial charge in [0.1, 0.15) is 5.82 Å². The van der Waals surface area contributed by atoms with Crippen molar-refractivity contribution in [1.82, 2.24) is 9.97 Å². The molecule has 1 unspecified atom stereocenters. The van der Waals surface area contributed by atoms with Crippen LogP contribution in [0.3, 0.4) is 0 Å². The molecule has 0 saturated heterocycles. The van der Waals surface area contributed by atoms with Crippen molar-refractivity contribution >= 4 is 0 Å². The molecule has 0 bridgehead atoms. The first kappa shape index (κ1) is 13.5. The number of nitrogens with two attached hydrogens (primary N) is 1. The first-order chi connectivity index (χ1) is 8.61. The molecular weight excluding hydrogens is 222 g/mol. The highest BCUT2D eigenvalue weighted by Crippen LogP contribution is 2.32. The second-order valence-corrected chi connectivity index (χ2v) is 5.76. The molecule has 1 heterocycles. The SMILES string of the molecule is Cc1nc(C2CCCC2)nc(C)c1CC(C)CN. The van der Waals surface area contributed by atoms with E-state index in [9.17, 15) is 0 Å². The Labute approximate surface area is 110 Å². The Bertz CT molecular complexity index is 385. The molecular formula is C15H25N3. The van der Waals surface area contributed by atoms with Gasteiger partial charge in [-0.25, -0.2) is 9.97 Å². The van der Waals surface area contributed by atoms with Crippen molar-refractivity contribution in [3.63, 3.8) is 0 Å². The van der Waals surface area contributed by atoms with Crippen LogP contribution in [0.25, 0.3) is 0 Å². The predicted octanol–water partition coefficient (Wildman–Crippen LogP) is 2.89. The fraction of sp³-hybridized carbons (Fsp3) is 0.733. The minimum atomic E-state index is 0.503. The zero-order valence-corrected chi connectivity index (χ0v) is 11.9. The summed E-state index contributed by atoms with van der Waals surface area (Å²) in [7, 11) is 0. The molecule has 0 aliphatic heterocycles. The van der Waals surface area contributed by atoms with Gasteiger partial charge in [0.2, 0.25) is 0 Å². The van der Waals surface area contributed by atoms with Crippen LogP contribution in [0.4, 0.5) is 0 Å². The summed E-state index contributed by atoms with van der Waals surface area (Å²) in [4.78, 5) is 9.50. The summed E-state index contributed by atoms with van der Waals surface area (Å²) < 4.78 is 0. The molecule has 1 atom stereocenters. The summed E-state index contributed by atoms with van der Waals surface area (Å²) >= 11 is 0. The average molecular weight is 247 g/mol. The van der Waals surface area contributed by atoms with Gasteiger partial charge in [0.05, 0.1) is 0 Å². The van der Waals surface area contributed by atoms with Crippen molar-refractivity contribution in [3.8, 4) is 0 Å². The summed E-state index contributed by atoms with van der Waals surface area (Å²) in [6.45, 7) is 7.14. The van der Waals surface area contributed by atoms with Crippen LogP contribution < -0.4 is 5.73 Å². The van der Waals surface area contributed by atoms with Gasteiger partial charge in [-0.15, -0.1) is 0 Å². The topological polar surface area (TPSA) is 51.8 Å². The maximum Gasteiger partial charge on any atom is 0.131 e. The van der Waals surface area contributed by atoms with Crippen LogP contribution in [-0.2, 0) is 6.42 Å². The lowest BCUT2D eigenvalue weighted by atomic mass is 9.98. The minimum Gasteiger partial charge on any atom is -0.330 e. The largest absolute Gasteiger partial charge is 0.330 e. The Morgan fingerprint density at radius 3 is 2.22 bits per heavy atom. The van der Waals surface area contributed by atoms with Crippen molar-refractivity contribution in [2.45, 2.75) is 58.8 Å². The van der Waals surface area contributed by atoms with Gasteiger partial charge in [0, 0.05) is 17.3 Å². The Balaban J connectivity index is 2.22. The molecule has 0 amide bonds. The number of nitrogens with zero attached hydrogens (tertiary/aromatic N) is 2. The molecule has 1 aromatic heterocycles. The van der Waals surface area contributed by atoms with E-state index in [-0.39, 0.29) is 0 Å². The first-order valence-corrected chi connectivity index (χ1v) is 7.16. The summed E-state index contributed by atoms with van der Waals surface area (Å²) in [5.74, 6) is 2.18. The number of hydrogen-bond donors (Lipinski definition) is 1. The van der Waals surface area contributed by atoms with E-state index in [4.69, 9.17) is 15.7 Å². The second-order valence-electron chi connectivity index (χ2n) is 5.76. The van der Waals surface area contributed by atoms with Crippen molar-refractivity contribution in [2.24, 2.45) is 11.7 Å². The van der Waals surface area contributed by atoms with Gasteiger partial charge in [-0.2, -0.15) is 0 Å². The molecule has 1 aromatic rings. The lowest BCUT2D eigenvalue weighted by molar-refractivity contribution is 0.580. The van der Waals surface area contributed by atoms with Crippen molar-refractivity contribution < 1.29 is 0 Å². The van der Waals surface area contributed by atoms with Gasteiger partial charge >= 0.3 is 0 Å². The maximum atomic E-state index is 5.71. The number of aromatic nitrogens is 2. The van der Waals surface area contributed by atoms with Crippen LogP contribution in [0, 0.1) is 19.8 Å². The Morgan fingerprint density at radius 1 is 1.17 bits per heavy atom. The average Bonchev–Trinajstić information content (AvgIpc) is 2.87. The molecule has 1 fully saturated rings. The molecule has 1 aliphatic rings. The monoisotopic (exact) mass is 247 g/mol. The van der Waals surface area contributed by atoms with Crippen LogP contribution in [0.5, 0.6) is 0 Å². The summed E-state index contributed by atoms with van der Waals surface area (Å²) in [5, 5.41) is 0. The summed E-state index contributed by atoms with van der Waals surface area (Å²) in [5.41, 5.74) is 9.32. The van der Waals surface area contributed by atoms with E-state index in [1.807, 2.05) is 0 Å². The first-order valence-electron chi connectivity index (χ1n) is 7.16. The third-order valence-corrected chi connectivity index (χ3v) is 4.11. The van der Waals surface area contributed by atoms with Crippen LogP contribution in [0.2, 0.25) is 0 Å². The van der Waals surface area contributed by atoms with Crippen molar-refractivity contribution in [1.29, 1.82) is 0 Å². The normalized spacial score (nSPS) is 18.2. The standard InChI is InChI=1S/C15H25N3/c1-10(9-16)8-14-11(2)17-15(18-12(14)3)13-6-4-5-7-13/h10,13H,4-9,16H2,1-3H3. The van der Waals surface area contributed by atoms with Crippen molar-refractivity contribution in [3.05, 3.63) is 22.8 Å². The zero-order chi connectivity index (χ0) is 13.1. The Hall–Kier alpha value is -0.960. The molecule has 3 heteroatoms. The quantitative estimate of drug-likeness (QED) is 0.890. The van der Waals surface area contributed by atoms with Gasteiger partial charge < -0.3 is 5.73 Å². The lowest BCUT2D eigenvalue weighted by Crippen LogP contribution is -2.16. The van der Waals surface area contributed by atoms with E-state index in [0.717, 1.165) is 30.2 Å². The highest BCUT2D eigenvalue weighted by Gasteiger charge is 2.21. The maximum absolute atomic E-state index is 5.71. The molecule has 1 saturated carbocycles. The van der Waals surface area contributed by atoms with E-state index in [0.29, 0.717) is 11.8 Å². The Kier molecular flexibility index (Phi) is 4.33. The molecule has 18 heavy (non-hydrogen) atoms. The molecule has 100 valence electrons.